The Bertz CT molecular complexity index is 451. The van der Waals surface area contributed by atoms with Gasteiger partial charge in [-0.1, -0.05) is 13.0 Å². The SMILES string of the molecule is CCc1ccc2c(c1)[NH+](CCN(C)C)CN2C1CC1. The zero-order chi connectivity index (χ0) is 13.4. The van der Waals surface area contributed by atoms with Crippen LogP contribution in [-0.2, 0) is 6.42 Å². The highest BCUT2D eigenvalue weighted by molar-refractivity contribution is 5.67. The summed E-state index contributed by atoms with van der Waals surface area (Å²) in [6, 6.07) is 7.92. The fraction of sp³-hybridized carbons (Fsp3) is 0.625. The number of fused-ring (bicyclic) bond motifs is 1. The predicted molar refractivity (Wildman–Crippen MR) is 80.2 cm³/mol. The second kappa shape index (κ2) is 5.14. The highest BCUT2D eigenvalue weighted by atomic mass is 15.4. The van der Waals surface area contributed by atoms with Crippen LogP contribution in [0.1, 0.15) is 25.3 Å². The van der Waals surface area contributed by atoms with E-state index in [1.807, 2.05) is 0 Å². The van der Waals surface area contributed by atoms with Gasteiger partial charge >= 0.3 is 0 Å². The molecule has 0 radical (unpaired) electrons. The average molecular weight is 260 g/mol. The van der Waals surface area contributed by atoms with Crippen molar-refractivity contribution in [3.05, 3.63) is 23.8 Å². The maximum Gasteiger partial charge on any atom is 0.158 e. The third-order valence-corrected chi connectivity index (χ3v) is 4.37. The molecule has 0 spiro atoms. The number of hydrogen-bond donors (Lipinski definition) is 1. The highest BCUT2D eigenvalue weighted by Crippen LogP contribution is 2.37. The second-order valence-electron chi connectivity index (χ2n) is 6.22. The minimum atomic E-state index is 0.822. The fourth-order valence-corrected chi connectivity index (χ4v) is 3.00. The first-order valence-corrected chi connectivity index (χ1v) is 7.58. The Morgan fingerprint density at radius 3 is 2.74 bits per heavy atom. The Morgan fingerprint density at radius 1 is 1.32 bits per heavy atom. The van der Waals surface area contributed by atoms with E-state index in [0.29, 0.717) is 0 Å². The van der Waals surface area contributed by atoms with Gasteiger partial charge in [-0.05, 0) is 45.0 Å². The van der Waals surface area contributed by atoms with Gasteiger partial charge in [0, 0.05) is 18.7 Å². The maximum atomic E-state index is 2.64. The predicted octanol–water partition coefficient (Wildman–Crippen LogP) is 1.27. The van der Waals surface area contributed by atoms with Gasteiger partial charge < -0.3 is 9.80 Å². The van der Waals surface area contributed by atoms with E-state index in [1.54, 1.807) is 4.90 Å². The number of hydrogen-bond acceptors (Lipinski definition) is 2. The highest BCUT2D eigenvalue weighted by Gasteiger charge is 2.39. The fourth-order valence-electron chi connectivity index (χ4n) is 3.00. The topological polar surface area (TPSA) is 10.9 Å². The molecule has 1 saturated carbocycles. The molecule has 0 amide bonds. The summed E-state index contributed by atoms with van der Waals surface area (Å²) in [6.07, 6.45) is 3.91. The number of rotatable bonds is 5. The minimum Gasteiger partial charge on any atom is -0.317 e. The normalized spacial score (nSPS) is 22.1. The van der Waals surface area contributed by atoms with Gasteiger partial charge in [-0.2, -0.15) is 0 Å². The molecule has 3 nitrogen and oxygen atoms in total. The number of quaternary nitrogens is 1. The van der Waals surface area contributed by atoms with Crippen molar-refractivity contribution < 1.29 is 4.90 Å². The van der Waals surface area contributed by atoms with Crippen LogP contribution in [0.25, 0.3) is 0 Å². The first-order valence-electron chi connectivity index (χ1n) is 7.58. The van der Waals surface area contributed by atoms with Crippen LogP contribution in [0.3, 0.4) is 0 Å². The molecule has 1 atom stereocenters. The van der Waals surface area contributed by atoms with Crippen molar-refractivity contribution >= 4 is 11.4 Å². The van der Waals surface area contributed by atoms with E-state index in [9.17, 15) is 0 Å². The van der Waals surface area contributed by atoms with Gasteiger partial charge in [0.25, 0.3) is 0 Å². The Hall–Kier alpha value is -1.06. The summed E-state index contributed by atoms with van der Waals surface area (Å²) in [4.78, 5) is 6.57. The molecule has 2 aliphatic rings. The van der Waals surface area contributed by atoms with Gasteiger partial charge in [0.05, 0.1) is 6.54 Å². The number of aryl methyl sites for hydroxylation is 1. The molecule has 1 aromatic carbocycles. The van der Waals surface area contributed by atoms with E-state index >= 15 is 0 Å². The van der Waals surface area contributed by atoms with Crippen molar-refractivity contribution in [1.82, 2.24) is 4.90 Å². The molecule has 0 saturated heterocycles. The molecule has 1 unspecified atom stereocenters. The summed E-state index contributed by atoms with van der Waals surface area (Å²) in [7, 11) is 4.33. The molecule has 1 aromatic rings. The number of anilines is 1. The van der Waals surface area contributed by atoms with Gasteiger partial charge in [0.1, 0.15) is 5.69 Å². The van der Waals surface area contributed by atoms with Crippen molar-refractivity contribution in [3.8, 4) is 0 Å². The van der Waals surface area contributed by atoms with E-state index < -0.39 is 0 Å². The summed E-state index contributed by atoms with van der Waals surface area (Å²) in [5.74, 6) is 0. The van der Waals surface area contributed by atoms with Gasteiger partial charge in [0.15, 0.2) is 12.4 Å². The molecule has 1 N–H and O–H groups in total. The monoisotopic (exact) mass is 260 g/mol. The Labute approximate surface area is 116 Å². The molecular formula is C16H26N3+. The molecule has 0 bridgehead atoms. The van der Waals surface area contributed by atoms with Crippen LogP contribution in [0.4, 0.5) is 11.4 Å². The smallest absolute Gasteiger partial charge is 0.158 e. The summed E-state index contributed by atoms with van der Waals surface area (Å²) in [5, 5.41) is 0. The maximum absolute atomic E-state index is 2.64. The number of nitrogens with one attached hydrogen (secondary N) is 1. The Kier molecular flexibility index (Phi) is 3.50. The van der Waals surface area contributed by atoms with E-state index in [4.69, 9.17) is 0 Å². The van der Waals surface area contributed by atoms with E-state index in [0.717, 1.165) is 19.0 Å². The van der Waals surface area contributed by atoms with Gasteiger partial charge in [0.2, 0.25) is 0 Å². The first-order chi connectivity index (χ1) is 9.19. The van der Waals surface area contributed by atoms with Crippen LogP contribution in [0.15, 0.2) is 18.2 Å². The largest absolute Gasteiger partial charge is 0.317 e. The first kappa shape index (κ1) is 12.9. The minimum absolute atomic E-state index is 0.822. The van der Waals surface area contributed by atoms with Crippen LogP contribution >= 0.6 is 0 Å². The van der Waals surface area contributed by atoms with Crippen LogP contribution < -0.4 is 9.80 Å². The lowest BCUT2D eigenvalue weighted by Crippen LogP contribution is -3.07. The molecule has 19 heavy (non-hydrogen) atoms. The second-order valence-corrected chi connectivity index (χ2v) is 6.22. The summed E-state index contributed by atoms with van der Waals surface area (Å²) in [5.41, 5.74) is 4.50. The van der Waals surface area contributed by atoms with Gasteiger partial charge in [-0.3, -0.25) is 4.90 Å². The summed E-state index contributed by atoms with van der Waals surface area (Å²) >= 11 is 0. The van der Waals surface area contributed by atoms with Gasteiger partial charge in [-0.15, -0.1) is 0 Å². The third kappa shape index (κ3) is 2.63. The molecule has 3 rings (SSSR count). The Morgan fingerprint density at radius 2 is 2.11 bits per heavy atom. The lowest BCUT2D eigenvalue weighted by molar-refractivity contribution is -0.825. The van der Waals surface area contributed by atoms with E-state index in [2.05, 4.69) is 49.0 Å². The average Bonchev–Trinajstić information content (AvgIpc) is 3.18. The van der Waals surface area contributed by atoms with Crippen LogP contribution in [-0.4, -0.2) is 44.8 Å². The summed E-state index contributed by atoms with van der Waals surface area (Å²) < 4.78 is 0. The third-order valence-electron chi connectivity index (χ3n) is 4.37. The molecule has 1 fully saturated rings. The number of benzene rings is 1. The van der Waals surface area contributed by atoms with E-state index in [1.165, 1.54) is 43.0 Å². The zero-order valence-electron chi connectivity index (χ0n) is 12.4. The van der Waals surface area contributed by atoms with Crippen molar-refractivity contribution in [3.63, 3.8) is 0 Å². The molecule has 1 aliphatic heterocycles. The van der Waals surface area contributed by atoms with Crippen molar-refractivity contribution in [2.45, 2.75) is 32.2 Å². The molecular weight excluding hydrogens is 234 g/mol. The van der Waals surface area contributed by atoms with E-state index in [-0.39, 0.29) is 0 Å². The molecule has 1 aliphatic carbocycles. The van der Waals surface area contributed by atoms with Gasteiger partial charge in [-0.25, -0.2) is 0 Å². The quantitative estimate of drug-likeness (QED) is 0.855. The summed E-state index contributed by atoms with van der Waals surface area (Å²) in [6.45, 7) is 5.77. The molecule has 104 valence electrons. The van der Waals surface area contributed by atoms with Crippen LogP contribution in [0.2, 0.25) is 0 Å². The van der Waals surface area contributed by atoms with Crippen LogP contribution in [0, 0.1) is 0 Å². The molecule has 1 heterocycles. The number of likely N-dealkylation sites (N-methyl/N-ethyl adjacent to an activating group) is 1. The Balaban J connectivity index is 1.84. The zero-order valence-corrected chi connectivity index (χ0v) is 12.4. The standard InChI is InChI=1S/C16H25N3/c1-4-13-5-8-15-16(11-13)18(10-9-17(2)3)12-19(15)14-6-7-14/h5,8,11,14H,4,6-7,9-10,12H2,1-3H3/p+1. The lowest BCUT2D eigenvalue weighted by Gasteiger charge is -2.18. The van der Waals surface area contributed by atoms with Crippen molar-refractivity contribution in [2.75, 3.05) is 38.8 Å². The molecule has 0 aromatic heterocycles. The molecule has 3 heteroatoms. The van der Waals surface area contributed by atoms with Crippen LogP contribution in [0.5, 0.6) is 0 Å². The number of nitrogens with zero attached hydrogens (tertiary/aromatic N) is 2. The van der Waals surface area contributed by atoms with Crippen molar-refractivity contribution in [1.29, 1.82) is 0 Å². The van der Waals surface area contributed by atoms with Crippen molar-refractivity contribution in [2.24, 2.45) is 0 Å². The lowest BCUT2D eigenvalue weighted by atomic mass is 10.1.